The average Bonchev–Trinajstić information content (AvgIpc) is 2.84. The molecule has 0 saturated heterocycles. The van der Waals surface area contributed by atoms with Gasteiger partial charge in [0.15, 0.2) is 10.9 Å². The van der Waals surface area contributed by atoms with E-state index >= 15 is 0 Å². The van der Waals surface area contributed by atoms with Gasteiger partial charge in [-0.25, -0.2) is 0 Å². The molecule has 35 heavy (non-hydrogen) atoms. The Hall–Kier alpha value is -2.68. The van der Waals surface area contributed by atoms with E-state index in [0.29, 0.717) is 11.3 Å². The first-order valence-corrected chi connectivity index (χ1v) is 12.1. The highest BCUT2D eigenvalue weighted by Gasteiger charge is 2.36. The molecule has 3 aromatic carbocycles. The first-order valence-electron chi connectivity index (χ1n) is 10.6. The van der Waals surface area contributed by atoms with Gasteiger partial charge in [-0.3, -0.25) is 9.59 Å². The quantitative estimate of drug-likeness (QED) is 0.140. The molecule has 0 heterocycles. The van der Waals surface area contributed by atoms with Crippen molar-refractivity contribution in [3.63, 3.8) is 0 Å². The van der Waals surface area contributed by atoms with Crippen molar-refractivity contribution in [1.82, 2.24) is 10.6 Å². The molecule has 0 radical (unpaired) electrons. The largest absolute Gasteiger partial charge is 0.339 e. The molecular formula is C25H23Cl3N4O2S. The van der Waals surface area contributed by atoms with Gasteiger partial charge in [-0.05, 0) is 47.6 Å². The average molecular weight is 550 g/mol. The number of ketones is 1. The van der Waals surface area contributed by atoms with Crippen LogP contribution in [0.4, 0.5) is 5.69 Å². The highest BCUT2D eigenvalue weighted by atomic mass is 35.6. The molecule has 3 aromatic rings. The minimum Gasteiger partial charge on any atom is -0.339 e. The molecule has 1 amide bonds. The molecule has 0 aliphatic rings. The van der Waals surface area contributed by atoms with Crippen LogP contribution in [-0.4, -0.2) is 33.3 Å². The van der Waals surface area contributed by atoms with E-state index in [-0.39, 0.29) is 23.3 Å². The van der Waals surface area contributed by atoms with Crippen molar-refractivity contribution in [3.8, 4) is 0 Å². The van der Waals surface area contributed by atoms with E-state index in [0.717, 1.165) is 11.1 Å². The lowest BCUT2D eigenvalue weighted by Crippen LogP contribution is -2.57. The van der Waals surface area contributed by atoms with Gasteiger partial charge in [0.05, 0.1) is 12.5 Å². The smallest absolute Gasteiger partial charge is 0.233 e. The third-order valence-electron chi connectivity index (χ3n) is 5.07. The molecule has 182 valence electrons. The maximum Gasteiger partial charge on any atom is 0.233 e. The fourth-order valence-electron chi connectivity index (χ4n) is 3.37. The molecule has 3 rings (SSSR count). The van der Waals surface area contributed by atoms with Crippen LogP contribution in [0.5, 0.6) is 0 Å². The Labute approximate surface area is 224 Å². The second kappa shape index (κ2) is 12.3. The Morgan fingerprint density at radius 3 is 1.80 bits per heavy atom. The summed E-state index contributed by atoms with van der Waals surface area (Å²) in [6.07, 6.45) is -1.15. The monoisotopic (exact) mass is 548 g/mol. The van der Waals surface area contributed by atoms with Crippen LogP contribution in [0, 0.1) is 0 Å². The highest BCUT2D eigenvalue weighted by Crippen LogP contribution is 2.31. The van der Waals surface area contributed by atoms with Gasteiger partial charge in [0.25, 0.3) is 0 Å². The Bertz CT molecular complexity index is 1120. The van der Waals surface area contributed by atoms with Crippen LogP contribution in [0.3, 0.4) is 0 Å². The summed E-state index contributed by atoms with van der Waals surface area (Å²) in [5.41, 5.74) is 8.03. The topological polar surface area (TPSA) is 96.2 Å². The van der Waals surface area contributed by atoms with Crippen molar-refractivity contribution in [2.45, 2.75) is 15.9 Å². The molecule has 0 bridgehead atoms. The van der Waals surface area contributed by atoms with Gasteiger partial charge < -0.3 is 21.7 Å². The number of carbonyl (C=O) groups is 2. The number of Topliss-reactive ketones (excluding diaryl/α,β-unsaturated/α-hetero) is 1. The van der Waals surface area contributed by atoms with Crippen molar-refractivity contribution >= 4 is 69.5 Å². The molecule has 0 spiro atoms. The van der Waals surface area contributed by atoms with Crippen LogP contribution < -0.4 is 21.7 Å². The summed E-state index contributed by atoms with van der Waals surface area (Å²) in [5, 5.41) is 8.67. The number of nitrogens with one attached hydrogen (secondary N) is 3. The number of alkyl halides is 3. The number of anilines is 1. The zero-order valence-electron chi connectivity index (χ0n) is 18.4. The lowest BCUT2D eigenvalue weighted by Gasteiger charge is -2.29. The number of carbonyl (C=O) groups excluding carboxylic acids is 2. The highest BCUT2D eigenvalue weighted by molar-refractivity contribution is 7.80. The fraction of sp³-hybridized carbons (Fsp3) is 0.160. The third kappa shape index (κ3) is 7.65. The van der Waals surface area contributed by atoms with Gasteiger partial charge in [-0.1, -0.05) is 95.5 Å². The first-order chi connectivity index (χ1) is 16.7. The number of hydrogen-bond acceptors (Lipinski definition) is 4. The Morgan fingerprint density at radius 1 is 0.829 bits per heavy atom. The van der Waals surface area contributed by atoms with Crippen molar-refractivity contribution < 1.29 is 9.59 Å². The molecule has 0 saturated carbocycles. The molecular weight excluding hydrogens is 527 g/mol. The van der Waals surface area contributed by atoms with E-state index in [1.165, 1.54) is 0 Å². The number of halogens is 3. The molecule has 0 fully saturated rings. The Morgan fingerprint density at radius 2 is 1.34 bits per heavy atom. The number of nitrogens with two attached hydrogens (primary N) is 1. The second-order valence-corrected chi connectivity index (χ2v) is 10.3. The predicted molar refractivity (Wildman–Crippen MR) is 146 cm³/mol. The zero-order valence-corrected chi connectivity index (χ0v) is 21.5. The maximum absolute atomic E-state index is 13.4. The summed E-state index contributed by atoms with van der Waals surface area (Å²) in [7, 11) is 0. The van der Waals surface area contributed by atoms with E-state index < -0.39 is 15.9 Å². The van der Waals surface area contributed by atoms with Gasteiger partial charge >= 0.3 is 0 Å². The van der Waals surface area contributed by atoms with Gasteiger partial charge in [0.2, 0.25) is 9.70 Å². The van der Waals surface area contributed by atoms with Crippen molar-refractivity contribution in [2.75, 3.05) is 11.9 Å². The van der Waals surface area contributed by atoms with E-state index in [2.05, 4.69) is 16.0 Å². The molecule has 10 heteroatoms. The lowest BCUT2D eigenvalue weighted by molar-refractivity contribution is -0.122. The number of thiocarbonyl (C=S) groups is 1. The van der Waals surface area contributed by atoms with Crippen molar-refractivity contribution in [2.24, 2.45) is 5.73 Å². The van der Waals surface area contributed by atoms with Crippen molar-refractivity contribution in [3.05, 3.63) is 102 Å². The summed E-state index contributed by atoms with van der Waals surface area (Å²) in [4.78, 5) is 25.1. The molecule has 6 nitrogen and oxygen atoms in total. The zero-order chi connectivity index (χ0) is 25.4. The number of hydrogen-bond donors (Lipinski definition) is 4. The number of rotatable bonds is 8. The van der Waals surface area contributed by atoms with E-state index in [1.807, 2.05) is 60.7 Å². The first kappa shape index (κ1) is 26.9. The molecule has 5 N–H and O–H groups in total. The summed E-state index contributed by atoms with van der Waals surface area (Å²) in [6.45, 7) is -0.0790. The van der Waals surface area contributed by atoms with Gasteiger partial charge in [0.1, 0.15) is 6.17 Å². The maximum atomic E-state index is 13.4. The molecule has 0 aliphatic carbocycles. The lowest BCUT2D eigenvalue weighted by atomic mass is 9.90. The fourth-order valence-corrected chi connectivity index (χ4v) is 3.93. The molecule has 1 atom stereocenters. The number of amides is 1. The summed E-state index contributed by atoms with van der Waals surface area (Å²) in [5.74, 6) is -1.19. The van der Waals surface area contributed by atoms with Gasteiger partial charge in [0, 0.05) is 11.3 Å². The van der Waals surface area contributed by atoms with Crippen LogP contribution in [0.25, 0.3) is 0 Å². The van der Waals surface area contributed by atoms with Gasteiger partial charge in [-0.2, -0.15) is 0 Å². The van der Waals surface area contributed by atoms with Crippen LogP contribution in [0.2, 0.25) is 0 Å². The van der Waals surface area contributed by atoms with E-state index in [1.54, 1.807) is 24.3 Å². The van der Waals surface area contributed by atoms with Gasteiger partial charge in [-0.15, -0.1) is 0 Å². The molecule has 0 aliphatic heterocycles. The number of benzene rings is 3. The van der Waals surface area contributed by atoms with E-state index in [9.17, 15) is 9.59 Å². The normalized spacial score (nSPS) is 12.0. The van der Waals surface area contributed by atoms with Crippen molar-refractivity contribution in [1.29, 1.82) is 0 Å². The van der Waals surface area contributed by atoms with Crippen LogP contribution >= 0.6 is 47.0 Å². The Balaban J connectivity index is 1.76. The molecule has 1 unspecified atom stereocenters. The summed E-state index contributed by atoms with van der Waals surface area (Å²) in [6, 6.07) is 25.2. The molecule has 0 aromatic heterocycles. The standard InChI is InChI=1S/C25H23Cl3N4O2S/c26-25(27,28)23(32-24(35)30-19-13-11-16(12-14-19)20(33)15-29)31-22(34)21(17-7-3-1-4-8-17)18-9-5-2-6-10-18/h1-14,21,23H,15,29H2,(H,31,34)(H2,30,32,35). The van der Waals surface area contributed by atoms with Crippen LogP contribution in [0.1, 0.15) is 27.4 Å². The van der Waals surface area contributed by atoms with Crippen LogP contribution in [0.15, 0.2) is 84.9 Å². The van der Waals surface area contributed by atoms with E-state index in [4.69, 9.17) is 52.8 Å². The third-order valence-corrected chi connectivity index (χ3v) is 5.94. The SMILES string of the molecule is NCC(=O)c1ccc(NC(=S)NC(NC(=O)C(c2ccccc2)c2ccccc2)C(Cl)(Cl)Cl)cc1. The minimum atomic E-state index is -1.92. The second-order valence-electron chi connectivity index (χ2n) is 7.54. The summed E-state index contributed by atoms with van der Waals surface area (Å²) >= 11 is 23.9. The van der Waals surface area contributed by atoms with Crippen LogP contribution in [-0.2, 0) is 4.79 Å². The Kier molecular flexibility index (Phi) is 9.48. The predicted octanol–water partition coefficient (Wildman–Crippen LogP) is 4.76. The summed E-state index contributed by atoms with van der Waals surface area (Å²) < 4.78 is -1.92. The minimum absolute atomic E-state index is 0.0790.